The van der Waals surface area contributed by atoms with Crippen LogP contribution in [-0.4, -0.2) is 52.6 Å². The molecule has 2 aromatic rings. The normalized spacial score (nSPS) is 24.2. The molecule has 6 nitrogen and oxygen atoms in total. The van der Waals surface area contributed by atoms with Crippen LogP contribution in [0.1, 0.15) is 17.7 Å². The molecule has 25 heavy (non-hydrogen) atoms. The maximum atomic E-state index is 5.99. The molecule has 2 aliphatic rings. The highest BCUT2D eigenvalue weighted by atomic mass is 16.5. The van der Waals surface area contributed by atoms with E-state index in [2.05, 4.69) is 31.8 Å². The Hall–Kier alpha value is -1.76. The largest absolute Gasteiger partial charge is 0.381 e. The second-order valence-corrected chi connectivity index (χ2v) is 7.17. The van der Waals surface area contributed by atoms with Gasteiger partial charge < -0.3 is 9.47 Å². The van der Waals surface area contributed by atoms with E-state index >= 15 is 0 Å². The number of rotatable bonds is 6. The zero-order valence-electron chi connectivity index (χ0n) is 14.6. The highest BCUT2D eigenvalue weighted by Gasteiger charge is 2.26. The van der Waals surface area contributed by atoms with Gasteiger partial charge in [0, 0.05) is 57.3 Å². The maximum Gasteiger partial charge on any atom is 0.0731 e. The van der Waals surface area contributed by atoms with Gasteiger partial charge in [0.25, 0.3) is 0 Å². The first-order valence-corrected chi connectivity index (χ1v) is 9.14. The van der Waals surface area contributed by atoms with Gasteiger partial charge in [-0.25, -0.2) is 0 Å². The highest BCUT2D eigenvalue weighted by Crippen LogP contribution is 2.20. The summed E-state index contributed by atoms with van der Waals surface area (Å²) in [5.41, 5.74) is 2.42. The Bertz CT molecular complexity index is 654. The molecular weight excluding hydrogens is 316 g/mol. The number of ether oxygens (including phenoxy) is 2. The van der Waals surface area contributed by atoms with E-state index < -0.39 is 0 Å². The molecule has 1 fully saturated rings. The first kappa shape index (κ1) is 16.7. The number of aromatic nitrogens is 3. The van der Waals surface area contributed by atoms with E-state index in [0.717, 1.165) is 51.6 Å². The predicted molar refractivity (Wildman–Crippen MR) is 93.8 cm³/mol. The highest BCUT2D eigenvalue weighted by molar-refractivity contribution is 5.06. The van der Waals surface area contributed by atoms with E-state index in [1.807, 2.05) is 18.5 Å². The minimum Gasteiger partial charge on any atom is -0.381 e. The molecule has 2 aliphatic heterocycles. The van der Waals surface area contributed by atoms with Crippen molar-refractivity contribution in [3.63, 3.8) is 0 Å². The Morgan fingerprint density at radius 3 is 3.04 bits per heavy atom. The average molecular weight is 342 g/mol. The summed E-state index contributed by atoms with van der Waals surface area (Å²) < 4.78 is 13.7. The van der Waals surface area contributed by atoms with Crippen LogP contribution in [0.4, 0.5) is 0 Å². The van der Waals surface area contributed by atoms with Gasteiger partial charge in [0.2, 0.25) is 0 Å². The topological polar surface area (TPSA) is 52.4 Å². The van der Waals surface area contributed by atoms with Crippen LogP contribution in [0.25, 0.3) is 0 Å². The van der Waals surface area contributed by atoms with Crippen LogP contribution in [0.2, 0.25) is 0 Å². The SMILES string of the molecule is c1cncc(COC[C@H]2CN(C[C@@H]3CCOC3)Cc3ccnn3C2)c1. The van der Waals surface area contributed by atoms with E-state index in [0.29, 0.717) is 18.4 Å². The van der Waals surface area contributed by atoms with Crippen LogP contribution in [0.3, 0.4) is 0 Å². The third-order valence-electron chi connectivity index (χ3n) is 5.02. The van der Waals surface area contributed by atoms with Crippen LogP contribution in [-0.2, 0) is 29.2 Å². The van der Waals surface area contributed by atoms with Crippen molar-refractivity contribution in [2.24, 2.45) is 11.8 Å². The van der Waals surface area contributed by atoms with Crippen molar-refractivity contribution in [3.8, 4) is 0 Å². The Kier molecular flexibility index (Phi) is 5.40. The Balaban J connectivity index is 1.36. The number of hydrogen-bond donors (Lipinski definition) is 0. The lowest BCUT2D eigenvalue weighted by molar-refractivity contribution is 0.0633. The van der Waals surface area contributed by atoms with E-state index in [4.69, 9.17) is 9.47 Å². The van der Waals surface area contributed by atoms with Crippen molar-refractivity contribution < 1.29 is 9.47 Å². The molecule has 0 unspecified atom stereocenters. The van der Waals surface area contributed by atoms with Crippen molar-refractivity contribution in [3.05, 3.63) is 48.0 Å². The number of fused-ring (bicyclic) bond motifs is 1. The van der Waals surface area contributed by atoms with Gasteiger partial charge in [0.05, 0.1) is 25.5 Å². The molecule has 4 heterocycles. The minimum atomic E-state index is 0.445. The lowest BCUT2D eigenvalue weighted by Gasteiger charge is -2.26. The van der Waals surface area contributed by atoms with Crippen molar-refractivity contribution in [1.29, 1.82) is 0 Å². The number of pyridine rings is 1. The van der Waals surface area contributed by atoms with Gasteiger partial charge in [-0.1, -0.05) is 6.07 Å². The quantitative estimate of drug-likeness (QED) is 0.803. The summed E-state index contributed by atoms with van der Waals surface area (Å²) in [7, 11) is 0. The molecule has 0 radical (unpaired) electrons. The first-order chi connectivity index (χ1) is 12.4. The van der Waals surface area contributed by atoms with Crippen LogP contribution >= 0.6 is 0 Å². The van der Waals surface area contributed by atoms with E-state index in [1.165, 1.54) is 12.1 Å². The van der Waals surface area contributed by atoms with E-state index in [9.17, 15) is 0 Å². The molecule has 1 saturated heterocycles. The Labute approximate surface area is 148 Å². The summed E-state index contributed by atoms with van der Waals surface area (Å²) in [4.78, 5) is 6.70. The number of hydrogen-bond acceptors (Lipinski definition) is 5. The lowest BCUT2D eigenvalue weighted by Crippen LogP contribution is -2.34. The maximum absolute atomic E-state index is 5.99. The van der Waals surface area contributed by atoms with Crippen molar-refractivity contribution in [1.82, 2.24) is 19.7 Å². The van der Waals surface area contributed by atoms with Crippen molar-refractivity contribution >= 4 is 0 Å². The predicted octanol–water partition coefficient (Wildman–Crippen LogP) is 1.96. The Morgan fingerprint density at radius 1 is 1.20 bits per heavy atom. The number of nitrogens with zero attached hydrogens (tertiary/aromatic N) is 4. The van der Waals surface area contributed by atoms with E-state index in [-0.39, 0.29) is 0 Å². The Morgan fingerprint density at radius 2 is 2.20 bits per heavy atom. The third-order valence-corrected chi connectivity index (χ3v) is 5.02. The fourth-order valence-corrected chi connectivity index (χ4v) is 3.78. The molecule has 0 N–H and O–H groups in total. The van der Waals surface area contributed by atoms with Gasteiger partial charge >= 0.3 is 0 Å². The van der Waals surface area contributed by atoms with Crippen LogP contribution in [0, 0.1) is 11.8 Å². The van der Waals surface area contributed by atoms with Gasteiger partial charge in [-0.15, -0.1) is 0 Å². The second-order valence-electron chi connectivity index (χ2n) is 7.17. The molecule has 0 saturated carbocycles. The minimum absolute atomic E-state index is 0.445. The average Bonchev–Trinajstić information content (AvgIpc) is 3.25. The molecule has 134 valence electrons. The molecule has 4 rings (SSSR count). The smallest absolute Gasteiger partial charge is 0.0731 e. The molecule has 0 spiro atoms. The fraction of sp³-hybridized carbons (Fsp3) is 0.579. The lowest BCUT2D eigenvalue weighted by atomic mass is 10.1. The molecular formula is C19H26N4O2. The molecule has 6 heteroatoms. The molecule has 0 aliphatic carbocycles. The molecule has 2 atom stereocenters. The van der Waals surface area contributed by atoms with Crippen LogP contribution < -0.4 is 0 Å². The van der Waals surface area contributed by atoms with Gasteiger partial charge in [0.15, 0.2) is 0 Å². The molecule has 0 amide bonds. The molecule has 2 aromatic heterocycles. The van der Waals surface area contributed by atoms with Gasteiger partial charge in [-0.05, 0) is 30.0 Å². The van der Waals surface area contributed by atoms with E-state index in [1.54, 1.807) is 6.20 Å². The van der Waals surface area contributed by atoms with Crippen LogP contribution in [0.15, 0.2) is 36.8 Å². The summed E-state index contributed by atoms with van der Waals surface area (Å²) >= 11 is 0. The summed E-state index contributed by atoms with van der Waals surface area (Å²) in [5, 5.41) is 4.50. The molecule has 0 aromatic carbocycles. The summed E-state index contributed by atoms with van der Waals surface area (Å²) in [6.45, 7) is 7.21. The zero-order chi connectivity index (χ0) is 16.9. The fourth-order valence-electron chi connectivity index (χ4n) is 3.78. The first-order valence-electron chi connectivity index (χ1n) is 9.14. The summed E-state index contributed by atoms with van der Waals surface area (Å²) in [6.07, 6.45) is 6.74. The van der Waals surface area contributed by atoms with Gasteiger partial charge in [-0.3, -0.25) is 14.6 Å². The zero-order valence-corrected chi connectivity index (χ0v) is 14.6. The van der Waals surface area contributed by atoms with Crippen molar-refractivity contribution in [2.75, 3.05) is 32.9 Å². The van der Waals surface area contributed by atoms with Gasteiger partial charge in [0.1, 0.15) is 0 Å². The third kappa shape index (κ3) is 4.45. The van der Waals surface area contributed by atoms with Crippen molar-refractivity contribution in [2.45, 2.75) is 26.1 Å². The summed E-state index contributed by atoms with van der Waals surface area (Å²) in [5.74, 6) is 1.10. The molecule has 0 bridgehead atoms. The van der Waals surface area contributed by atoms with Crippen LogP contribution in [0.5, 0.6) is 0 Å². The van der Waals surface area contributed by atoms with Gasteiger partial charge in [-0.2, -0.15) is 5.10 Å². The second kappa shape index (κ2) is 8.08. The standard InChI is InChI=1S/C19H26N4O2/c1-2-16(8-20-5-1)13-25-15-18-10-22(9-17-4-7-24-14-17)12-19-3-6-21-23(19)11-18/h1-3,5-6,8,17-18H,4,7,9-15H2/t17-,18-/m0/s1. The summed E-state index contributed by atoms with van der Waals surface area (Å²) in [6, 6.07) is 6.14. The monoisotopic (exact) mass is 342 g/mol.